The van der Waals surface area contributed by atoms with Crippen molar-refractivity contribution in [3.8, 4) is 5.75 Å². The normalized spacial score (nSPS) is 10.3. The third kappa shape index (κ3) is 2.59. The highest BCUT2D eigenvalue weighted by Gasteiger charge is 2.13. The number of carbonyl (C=O) groups is 1. The predicted octanol–water partition coefficient (Wildman–Crippen LogP) is 3.58. The third-order valence-electron chi connectivity index (χ3n) is 2.88. The lowest BCUT2D eigenvalue weighted by atomic mass is 9.99. The number of rotatable bonds is 4. The summed E-state index contributed by atoms with van der Waals surface area (Å²) in [6.07, 6.45) is 1.93. The van der Waals surface area contributed by atoms with E-state index in [1.54, 1.807) is 24.3 Å². The Hall–Kier alpha value is -2.09. The van der Waals surface area contributed by atoms with E-state index < -0.39 is 0 Å². The van der Waals surface area contributed by atoms with E-state index in [1.807, 2.05) is 24.3 Å². The Labute approximate surface area is 107 Å². The summed E-state index contributed by atoms with van der Waals surface area (Å²) < 4.78 is 0. The van der Waals surface area contributed by atoms with Gasteiger partial charge in [0.2, 0.25) is 0 Å². The Kier molecular flexibility index (Phi) is 3.78. The average molecular weight is 240 g/mol. The largest absolute Gasteiger partial charge is 0.507 e. The summed E-state index contributed by atoms with van der Waals surface area (Å²) in [6.45, 7) is 2.09. The fourth-order valence-corrected chi connectivity index (χ4v) is 1.95. The number of aromatic hydroxyl groups is 1. The number of aryl methyl sites for hydroxylation is 1. The highest BCUT2D eigenvalue weighted by Crippen LogP contribution is 2.22. The molecule has 0 atom stereocenters. The summed E-state index contributed by atoms with van der Waals surface area (Å²) in [5.74, 6) is -0.0882. The van der Waals surface area contributed by atoms with E-state index in [4.69, 9.17) is 0 Å². The van der Waals surface area contributed by atoms with Crippen LogP contribution in [-0.4, -0.2) is 10.9 Å². The molecule has 0 aliphatic carbocycles. The van der Waals surface area contributed by atoms with Crippen molar-refractivity contribution in [2.75, 3.05) is 0 Å². The second-order valence-electron chi connectivity index (χ2n) is 4.30. The van der Waals surface area contributed by atoms with E-state index in [1.165, 1.54) is 0 Å². The Balaban J connectivity index is 2.38. The van der Waals surface area contributed by atoms with Gasteiger partial charge < -0.3 is 5.11 Å². The van der Waals surface area contributed by atoms with Crippen molar-refractivity contribution in [2.45, 2.75) is 19.8 Å². The molecule has 18 heavy (non-hydrogen) atoms. The first-order chi connectivity index (χ1) is 8.72. The quantitative estimate of drug-likeness (QED) is 0.829. The molecule has 92 valence electrons. The summed E-state index contributed by atoms with van der Waals surface area (Å²) in [7, 11) is 0. The number of phenols is 1. The summed E-state index contributed by atoms with van der Waals surface area (Å²) in [6, 6.07) is 14.3. The molecule has 0 saturated heterocycles. The van der Waals surface area contributed by atoms with Crippen molar-refractivity contribution in [2.24, 2.45) is 0 Å². The highest BCUT2D eigenvalue weighted by molar-refractivity contribution is 6.10. The van der Waals surface area contributed by atoms with Crippen LogP contribution in [0, 0.1) is 0 Å². The molecule has 0 aromatic heterocycles. The van der Waals surface area contributed by atoms with Gasteiger partial charge in [-0.05, 0) is 24.1 Å². The first kappa shape index (κ1) is 12.4. The molecule has 2 heteroatoms. The minimum Gasteiger partial charge on any atom is -0.507 e. The van der Waals surface area contributed by atoms with Gasteiger partial charge in [-0.15, -0.1) is 0 Å². The minimum atomic E-state index is -0.133. The van der Waals surface area contributed by atoms with E-state index in [0.29, 0.717) is 11.1 Å². The van der Waals surface area contributed by atoms with Crippen LogP contribution in [0.4, 0.5) is 0 Å². The fraction of sp³-hybridized carbons (Fsp3) is 0.188. The van der Waals surface area contributed by atoms with Gasteiger partial charge in [-0.1, -0.05) is 49.7 Å². The van der Waals surface area contributed by atoms with E-state index in [0.717, 1.165) is 18.4 Å². The Morgan fingerprint density at radius 2 is 1.83 bits per heavy atom. The Morgan fingerprint density at radius 1 is 1.11 bits per heavy atom. The van der Waals surface area contributed by atoms with E-state index in [-0.39, 0.29) is 11.5 Å². The predicted molar refractivity (Wildman–Crippen MR) is 72.0 cm³/mol. The summed E-state index contributed by atoms with van der Waals surface area (Å²) in [5.41, 5.74) is 2.06. The molecule has 0 heterocycles. The molecule has 2 rings (SSSR count). The van der Waals surface area contributed by atoms with Crippen LogP contribution in [-0.2, 0) is 6.42 Å². The van der Waals surface area contributed by atoms with Gasteiger partial charge in [0.1, 0.15) is 5.75 Å². The molecule has 0 aliphatic heterocycles. The summed E-state index contributed by atoms with van der Waals surface area (Å²) in [5, 5.41) is 9.81. The molecule has 0 saturated carbocycles. The van der Waals surface area contributed by atoms with Gasteiger partial charge in [0.05, 0.1) is 5.56 Å². The van der Waals surface area contributed by atoms with Gasteiger partial charge in [-0.3, -0.25) is 4.79 Å². The van der Waals surface area contributed by atoms with Crippen molar-refractivity contribution in [3.63, 3.8) is 0 Å². The summed E-state index contributed by atoms with van der Waals surface area (Å²) >= 11 is 0. The zero-order valence-electron chi connectivity index (χ0n) is 10.4. The van der Waals surface area contributed by atoms with Crippen molar-refractivity contribution >= 4 is 5.78 Å². The molecule has 0 bridgehead atoms. The molecule has 2 nitrogen and oxygen atoms in total. The third-order valence-corrected chi connectivity index (χ3v) is 2.88. The molecule has 2 aromatic rings. The lowest BCUT2D eigenvalue weighted by molar-refractivity contribution is 0.103. The number of benzene rings is 2. The minimum absolute atomic E-state index is 0.0451. The number of hydrogen-bond donors (Lipinski definition) is 1. The molecule has 0 unspecified atom stereocenters. The van der Waals surface area contributed by atoms with Crippen LogP contribution in [0.2, 0.25) is 0 Å². The van der Waals surface area contributed by atoms with Crippen molar-refractivity contribution in [3.05, 3.63) is 65.2 Å². The number of ketones is 1. The van der Waals surface area contributed by atoms with Gasteiger partial charge in [0, 0.05) is 5.56 Å². The topological polar surface area (TPSA) is 37.3 Å². The molecule has 0 aliphatic rings. The van der Waals surface area contributed by atoms with Gasteiger partial charge in [0.25, 0.3) is 0 Å². The first-order valence-electron chi connectivity index (χ1n) is 6.14. The van der Waals surface area contributed by atoms with Crippen LogP contribution in [0.1, 0.15) is 34.8 Å². The smallest absolute Gasteiger partial charge is 0.196 e. The van der Waals surface area contributed by atoms with Gasteiger partial charge >= 0.3 is 0 Å². The lowest BCUT2D eigenvalue weighted by Gasteiger charge is -2.06. The zero-order chi connectivity index (χ0) is 13.0. The van der Waals surface area contributed by atoms with Gasteiger partial charge in [-0.25, -0.2) is 0 Å². The zero-order valence-corrected chi connectivity index (χ0v) is 10.4. The van der Waals surface area contributed by atoms with Crippen molar-refractivity contribution < 1.29 is 9.90 Å². The maximum absolute atomic E-state index is 12.3. The highest BCUT2D eigenvalue weighted by atomic mass is 16.3. The molecule has 0 spiro atoms. The number of phenolic OH excluding ortho intramolecular Hbond substituents is 1. The van der Waals surface area contributed by atoms with Crippen LogP contribution in [0.3, 0.4) is 0 Å². The molecular formula is C16H16O2. The van der Waals surface area contributed by atoms with Crippen LogP contribution in [0.15, 0.2) is 48.5 Å². The van der Waals surface area contributed by atoms with Crippen LogP contribution in [0.25, 0.3) is 0 Å². The molecule has 0 amide bonds. The Bertz CT molecular complexity index is 544. The van der Waals surface area contributed by atoms with E-state index >= 15 is 0 Å². The molecule has 2 aromatic carbocycles. The molecule has 0 radical (unpaired) electrons. The number of hydrogen-bond acceptors (Lipinski definition) is 2. The molecule has 0 fully saturated rings. The van der Waals surface area contributed by atoms with Crippen LogP contribution in [0.5, 0.6) is 5.75 Å². The second-order valence-corrected chi connectivity index (χ2v) is 4.30. The second kappa shape index (κ2) is 5.50. The number of carbonyl (C=O) groups excluding carboxylic acids is 1. The van der Waals surface area contributed by atoms with E-state index in [2.05, 4.69) is 6.92 Å². The maximum atomic E-state index is 12.3. The maximum Gasteiger partial charge on any atom is 0.196 e. The van der Waals surface area contributed by atoms with Crippen LogP contribution < -0.4 is 0 Å². The van der Waals surface area contributed by atoms with Crippen LogP contribution >= 0.6 is 0 Å². The lowest BCUT2D eigenvalue weighted by Crippen LogP contribution is -2.02. The SMILES string of the molecule is CCCc1ccc(O)c(C(=O)c2ccccc2)c1. The van der Waals surface area contributed by atoms with Gasteiger partial charge in [-0.2, -0.15) is 0 Å². The average Bonchev–Trinajstić information content (AvgIpc) is 2.41. The van der Waals surface area contributed by atoms with Crippen molar-refractivity contribution in [1.29, 1.82) is 0 Å². The van der Waals surface area contributed by atoms with E-state index in [9.17, 15) is 9.90 Å². The Morgan fingerprint density at radius 3 is 2.50 bits per heavy atom. The monoisotopic (exact) mass is 240 g/mol. The fourth-order valence-electron chi connectivity index (χ4n) is 1.95. The molecular weight excluding hydrogens is 224 g/mol. The summed E-state index contributed by atoms with van der Waals surface area (Å²) in [4.78, 5) is 12.3. The van der Waals surface area contributed by atoms with Crippen molar-refractivity contribution in [1.82, 2.24) is 0 Å². The standard InChI is InChI=1S/C16H16O2/c1-2-6-12-9-10-15(17)14(11-12)16(18)13-7-4-3-5-8-13/h3-5,7-11,17H,2,6H2,1H3. The first-order valence-corrected chi connectivity index (χ1v) is 6.14. The van der Waals surface area contributed by atoms with Gasteiger partial charge in [0.15, 0.2) is 5.78 Å². The molecule has 1 N–H and O–H groups in total.